The van der Waals surface area contributed by atoms with Crippen LogP contribution < -0.4 is 4.74 Å². The Labute approximate surface area is 102 Å². The summed E-state index contributed by atoms with van der Waals surface area (Å²) >= 11 is 0. The van der Waals surface area contributed by atoms with Gasteiger partial charge in [-0.2, -0.15) is 18.4 Å². The molecule has 18 heavy (non-hydrogen) atoms. The number of benzene rings is 1. The lowest BCUT2D eigenvalue weighted by Crippen LogP contribution is -2.34. The molecule has 1 atom stereocenters. The van der Waals surface area contributed by atoms with Crippen molar-refractivity contribution in [1.29, 1.82) is 5.26 Å². The summed E-state index contributed by atoms with van der Waals surface area (Å²) < 4.78 is 41.3. The SMILES string of the molecule is Cc1cc(C#N)cc(C)c1OCC(O)C(F)(F)F. The van der Waals surface area contributed by atoms with Gasteiger partial charge in [0.25, 0.3) is 0 Å². The highest BCUT2D eigenvalue weighted by Crippen LogP contribution is 2.26. The molecule has 0 aromatic heterocycles. The fourth-order valence-corrected chi connectivity index (χ4v) is 1.50. The highest BCUT2D eigenvalue weighted by molar-refractivity contribution is 5.47. The smallest absolute Gasteiger partial charge is 0.417 e. The Bertz CT molecular complexity index is 454. The first-order valence-electron chi connectivity index (χ1n) is 5.14. The molecule has 0 spiro atoms. The van der Waals surface area contributed by atoms with E-state index in [9.17, 15) is 13.2 Å². The van der Waals surface area contributed by atoms with Crippen molar-refractivity contribution in [3.05, 3.63) is 28.8 Å². The number of aryl methyl sites for hydroxylation is 2. The van der Waals surface area contributed by atoms with Crippen LogP contribution in [0, 0.1) is 25.2 Å². The molecule has 0 bridgehead atoms. The highest BCUT2D eigenvalue weighted by Gasteiger charge is 2.38. The number of aliphatic hydroxyl groups is 1. The van der Waals surface area contributed by atoms with Crippen molar-refractivity contribution in [3.8, 4) is 11.8 Å². The highest BCUT2D eigenvalue weighted by atomic mass is 19.4. The van der Waals surface area contributed by atoms with E-state index in [1.807, 2.05) is 6.07 Å². The topological polar surface area (TPSA) is 53.2 Å². The van der Waals surface area contributed by atoms with Crippen LogP contribution in [0.15, 0.2) is 12.1 Å². The minimum atomic E-state index is -4.70. The lowest BCUT2D eigenvalue weighted by molar-refractivity contribution is -0.210. The normalized spacial score (nSPS) is 12.9. The predicted octanol–water partition coefficient (Wildman–Crippen LogP) is 2.48. The van der Waals surface area contributed by atoms with Crippen LogP contribution in [0.1, 0.15) is 16.7 Å². The van der Waals surface area contributed by atoms with Crippen LogP contribution in [-0.2, 0) is 0 Å². The summed E-state index contributed by atoms with van der Waals surface area (Å²) in [5.74, 6) is 0.261. The summed E-state index contributed by atoms with van der Waals surface area (Å²) in [7, 11) is 0. The van der Waals surface area contributed by atoms with Crippen LogP contribution in [0.2, 0.25) is 0 Å². The quantitative estimate of drug-likeness (QED) is 0.907. The lowest BCUT2D eigenvalue weighted by Gasteiger charge is -2.17. The van der Waals surface area contributed by atoms with Gasteiger partial charge in [0.1, 0.15) is 12.4 Å². The third-order valence-electron chi connectivity index (χ3n) is 2.35. The fourth-order valence-electron chi connectivity index (χ4n) is 1.50. The van der Waals surface area contributed by atoms with Gasteiger partial charge < -0.3 is 9.84 Å². The zero-order valence-electron chi connectivity index (χ0n) is 9.88. The number of rotatable bonds is 3. The van der Waals surface area contributed by atoms with E-state index in [-0.39, 0.29) is 5.75 Å². The van der Waals surface area contributed by atoms with Gasteiger partial charge in [-0.1, -0.05) is 0 Å². The number of alkyl halides is 3. The third kappa shape index (κ3) is 3.37. The van der Waals surface area contributed by atoms with Gasteiger partial charge in [0.05, 0.1) is 11.6 Å². The van der Waals surface area contributed by atoms with Crippen LogP contribution in [-0.4, -0.2) is 24.0 Å². The van der Waals surface area contributed by atoms with Gasteiger partial charge >= 0.3 is 6.18 Å². The van der Waals surface area contributed by atoms with E-state index in [0.717, 1.165) is 0 Å². The van der Waals surface area contributed by atoms with Crippen molar-refractivity contribution in [2.45, 2.75) is 26.1 Å². The number of nitrogens with zero attached hydrogens (tertiary/aromatic N) is 1. The molecule has 3 nitrogen and oxygen atoms in total. The minimum Gasteiger partial charge on any atom is -0.490 e. The maximum absolute atomic E-state index is 12.1. The van der Waals surface area contributed by atoms with Crippen LogP contribution >= 0.6 is 0 Å². The maximum Gasteiger partial charge on any atom is 0.417 e. The Morgan fingerprint density at radius 3 is 2.22 bits per heavy atom. The van der Waals surface area contributed by atoms with Gasteiger partial charge in [0.15, 0.2) is 6.10 Å². The number of halogens is 3. The van der Waals surface area contributed by atoms with E-state index in [0.29, 0.717) is 16.7 Å². The van der Waals surface area contributed by atoms with Gasteiger partial charge in [-0.3, -0.25) is 0 Å². The molecule has 1 unspecified atom stereocenters. The first-order valence-corrected chi connectivity index (χ1v) is 5.14. The molecule has 1 rings (SSSR count). The van der Waals surface area contributed by atoms with Crippen LogP contribution in [0.25, 0.3) is 0 Å². The second-order valence-electron chi connectivity index (χ2n) is 3.92. The zero-order valence-corrected chi connectivity index (χ0v) is 9.88. The van der Waals surface area contributed by atoms with Crippen LogP contribution in [0.3, 0.4) is 0 Å². The van der Waals surface area contributed by atoms with Gasteiger partial charge in [-0.05, 0) is 37.1 Å². The molecule has 1 N–H and O–H groups in total. The molecule has 0 saturated carbocycles. The minimum absolute atomic E-state index is 0.261. The van der Waals surface area contributed by atoms with Crippen LogP contribution in [0.4, 0.5) is 13.2 Å². The lowest BCUT2D eigenvalue weighted by atomic mass is 10.1. The van der Waals surface area contributed by atoms with Crippen molar-refractivity contribution in [1.82, 2.24) is 0 Å². The third-order valence-corrected chi connectivity index (χ3v) is 2.35. The van der Waals surface area contributed by atoms with Gasteiger partial charge in [0, 0.05) is 0 Å². The molecule has 0 radical (unpaired) electrons. The van der Waals surface area contributed by atoms with E-state index in [1.165, 1.54) is 12.1 Å². The molecule has 0 heterocycles. The molecule has 6 heteroatoms. The summed E-state index contributed by atoms with van der Waals surface area (Å²) in [6, 6.07) is 4.97. The van der Waals surface area contributed by atoms with E-state index < -0.39 is 18.9 Å². The van der Waals surface area contributed by atoms with Gasteiger partial charge in [-0.15, -0.1) is 0 Å². The summed E-state index contributed by atoms with van der Waals surface area (Å²) in [4.78, 5) is 0. The fraction of sp³-hybridized carbons (Fsp3) is 0.417. The molecule has 0 aliphatic carbocycles. The number of nitriles is 1. The van der Waals surface area contributed by atoms with Crippen molar-refractivity contribution in [3.63, 3.8) is 0 Å². The second kappa shape index (κ2) is 5.27. The average Bonchev–Trinajstić information content (AvgIpc) is 2.25. The first-order chi connectivity index (χ1) is 8.25. The zero-order chi connectivity index (χ0) is 13.9. The van der Waals surface area contributed by atoms with Crippen molar-refractivity contribution < 1.29 is 23.0 Å². The molecule has 0 aliphatic rings. The van der Waals surface area contributed by atoms with Crippen molar-refractivity contribution in [2.24, 2.45) is 0 Å². The van der Waals surface area contributed by atoms with Gasteiger partial charge in [-0.25, -0.2) is 0 Å². The predicted molar refractivity (Wildman–Crippen MR) is 58.2 cm³/mol. The molecule has 0 saturated heterocycles. The second-order valence-corrected chi connectivity index (χ2v) is 3.92. The molecular weight excluding hydrogens is 247 g/mol. The molecule has 0 fully saturated rings. The first kappa shape index (κ1) is 14.3. The van der Waals surface area contributed by atoms with E-state index >= 15 is 0 Å². The maximum atomic E-state index is 12.1. The summed E-state index contributed by atoms with van der Waals surface area (Å²) in [6.07, 6.45) is -7.22. The molecule has 1 aromatic rings. The largest absolute Gasteiger partial charge is 0.490 e. The monoisotopic (exact) mass is 259 g/mol. The van der Waals surface area contributed by atoms with Crippen LogP contribution in [0.5, 0.6) is 5.75 Å². The standard InChI is InChI=1S/C12H12F3NO2/c1-7-3-9(5-16)4-8(2)11(7)18-6-10(17)12(13,14)15/h3-4,10,17H,6H2,1-2H3. The summed E-state index contributed by atoms with van der Waals surface area (Å²) in [5, 5.41) is 17.5. The number of hydrogen-bond acceptors (Lipinski definition) is 3. The Morgan fingerprint density at radius 1 is 1.33 bits per heavy atom. The number of hydrogen-bond donors (Lipinski definition) is 1. The average molecular weight is 259 g/mol. The Morgan fingerprint density at radius 2 is 1.83 bits per heavy atom. The Hall–Kier alpha value is -1.74. The van der Waals surface area contributed by atoms with Gasteiger partial charge in [0.2, 0.25) is 0 Å². The number of ether oxygens (including phenoxy) is 1. The summed E-state index contributed by atoms with van der Waals surface area (Å²) in [5.41, 5.74) is 1.52. The Balaban J connectivity index is 2.84. The van der Waals surface area contributed by atoms with E-state index in [4.69, 9.17) is 15.1 Å². The Kier molecular flexibility index (Phi) is 4.19. The van der Waals surface area contributed by atoms with Crippen molar-refractivity contribution in [2.75, 3.05) is 6.61 Å². The number of aliphatic hydroxyl groups excluding tert-OH is 1. The molecule has 1 aromatic carbocycles. The molecular formula is C12H12F3NO2. The molecule has 0 aliphatic heterocycles. The molecule has 0 amide bonds. The van der Waals surface area contributed by atoms with E-state index in [2.05, 4.69) is 0 Å². The van der Waals surface area contributed by atoms with E-state index in [1.54, 1.807) is 13.8 Å². The summed E-state index contributed by atoms with van der Waals surface area (Å²) in [6.45, 7) is 2.39. The molecule has 98 valence electrons. The van der Waals surface area contributed by atoms with Crippen molar-refractivity contribution >= 4 is 0 Å².